The van der Waals surface area contributed by atoms with Gasteiger partial charge in [0.25, 0.3) is 0 Å². The fourth-order valence-corrected chi connectivity index (χ4v) is 5.36. The topological polar surface area (TPSA) is 33.4 Å². The van der Waals surface area contributed by atoms with Crippen molar-refractivity contribution in [3.63, 3.8) is 0 Å². The third-order valence-corrected chi connectivity index (χ3v) is 8.76. The molecule has 0 saturated carbocycles. The van der Waals surface area contributed by atoms with Gasteiger partial charge in [0.1, 0.15) is 8.07 Å². The van der Waals surface area contributed by atoms with Crippen molar-refractivity contribution in [2.24, 2.45) is 0 Å². The van der Waals surface area contributed by atoms with Gasteiger partial charge in [-0.3, -0.25) is 0 Å². The number of furan rings is 1. The van der Waals surface area contributed by atoms with Crippen molar-refractivity contribution in [3.05, 3.63) is 17.9 Å². The fraction of sp³-hybridized carbons (Fsp3) is 0.636. The molecule has 0 spiro atoms. The van der Waals surface area contributed by atoms with Crippen LogP contribution in [0.15, 0.2) is 16.7 Å². The van der Waals surface area contributed by atoms with Gasteiger partial charge >= 0.3 is 29.6 Å². The number of rotatable bonds is 5. The monoisotopic (exact) mass is 250 g/mol. The number of aliphatic hydroxyl groups is 1. The molecule has 5 heteroatoms. The van der Waals surface area contributed by atoms with E-state index in [1.54, 1.807) is 6.26 Å². The van der Waals surface area contributed by atoms with Gasteiger partial charge < -0.3 is 9.52 Å². The molecule has 0 bridgehead atoms. The van der Waals surface area contributed by atoms with Gasteiger partial charge in [-0.25, -0.2) is 0 Å². The maximum Gasteiger partial charge on any atom is 1.00 e. The summed E-state index contributed by atoms with van der Waals surface area (Å²) in [5.41, 5.74) is 0.909. The Morgan fingerprint density at radius 3 is 2.00 bits per heavy atom. The van der Waals surface area contributed by atoms with E-state index in [0.29, 0.717) is 0 Å². The standard InChI is InChI=1S/C11H20O2Si.BH4.Na/c1-4-14(5-2,6-3)11-7-10(8-12)9-13-11;;/h7,9,12H,4-6,8H2,1-3H3;1H4;/q;-1;+1. The van der Waals surface area contributed by atoms with E-state index < -0.39 is 8.07 Å². The van der Waals surface area contributed by atoms with Crippen LogP contribution in [0.5, 0.6) is 0 Å². The zero-order valence-corrected chi connectivity index (χ0v) is 13.3. The molecule has 0 unspecified atom stereocenters. The van der Waals surface area contributed by atoms with Crippen LogP contribution >= 0.6 is 0 Å². The molecule has 1 aromatic rings. The zero-order valence-electron chi connectivity index (χ0n) is 10.3. The summed E-state index contributed by atoms with van der Waals surface area (Å²) in [6.07, 6.45) is 1.69. The van der Waals surface area contributed by atoms with Gasteiger partial charge in [-0.1, -0.05) is 47.3 Å². The molecule has 1 rings (SSSR count). The Morgan fingerprint density at radius 2 is 1.69 bits per heavy atom. The molecule has 1 N–H and O–H groups in total. The maximum atomic E-state index is 8.99. The fourth-order valence-electron chi connectivity index (χ4n) is 2.01. The summed E-state index contributed by atoms with van der Waals surface area (Å²) < 4.78 is 5.60. The van der Waals surface area contributed by atoms with Gasteiger partial charge in [0.05, 0.1) is 18.3 Å². The van der Waals surface area contributed by atoms with Crippen LogP contribution in [0.4, 0.5) is 0 Å². The van der Waals surface area contributed by atoms with Crippen LogP contribution in [0.3, 0.4) is 0 Å². The van der Waals surface area contributed by atoms with Crippen LogP contribution in [-0.2, 0) is 6.61 Å². The van der Waals surface area contributed by atoms with Crippen molar-refractivity contribution in [1.29, 1.82) is 0 Å². The Morgan fingerprint density at radius 1 is 1.19 bits per heavy atom. The van der Waals surface area contributed by atoms with E-state index in [-0.39, 0.29) is 44.6 Å². The van der Waals surface area contributed by atoms with Crippen molar-refractivity contribution >= 4 is 21.9 Å². The molecule has 0 fully saturated rings. The first-order valence-corrected chi connectivity index (χ1v) is 8.03. The molecule has 2 nitrogen and oxygen atoms in total. The molecule has 16 heavy (non-hydrogen) atoms. The van der Waals surface area contributed by atoms with E-state index in [1.165, 1.54) is 18.1 Å². The van der Waals surface area contributed by atoms with Crippen molar-refractivity contribution in [2.45, 2.75) is 45.5 Å². The SMILES string of the molecule is CC[Si](CC)(CC)c1cc(CO)co1.[BH4-].[Na+]. The van der Waals surface area contributed by atoms with Crippen LogP contribution in [-0.4, -0.2) is 21.6 Å². The third kappa shape index (κ3) is 3.77. The molecule has 0 aromatic carbocycles. The first kappa shape index (κ1) is 18.9. The summed E-state index contributed by atoms with van der Waals surface area (Å²) in [4.78, 5) is 0. The molecule has 0 aliphatic rings. The molecule has 0 amide bonds. The van der Waals surface area contributed by atoms with Crippen molar-refractivity contribution in [3.8, 4) is 0 Å². The predicted octanol–water partition coefficient (Wildman–Crippen LogP) is -1.96. The summed E-state index contributed by atoms with van der Waals surface area (Å²) in [5.74, 6) is 0. The van der Waals surface area contributed by atoms with Gasteiger partial charge in [-0.05, 0) is 6.07 Å². The third-order valence-electron chi connectivity index (χ3n) is 3.39. The maximum absolute atomic E-state index is 8.99. The van der Waals surface area contributed by atoms with E-state index in [4.69, 9.17) is 9.52 Å². The van der Waals surface area contributed by atoms with Gasteiger partial charge in [0.2, 0.25) is 0 Å². The van der Waals surface area contributed by atoms with E-state index in [0.717, 1.165) is 10.9 Å². The minimum absolute atomic E-state index is 0. The smallest absolute Gasteiger partial charge is 0.474 e. The van der Waals surface area contributed by atoms with Crippen LogP contribution in [0.2, 0.25) is 18.1 Å². The molecule has 0 aliphatic carbocycles. The normalized spacial score (nSPS) is 10.5. The minimum Gasteiger partial charge on any atom is -0.474 e. The summed E-state index contributed by atoms with van der Waals surface area (Å²) in [6, 6.07) is 5.71. The van der Waals surface area contributed by atoms with Gasteiger partial charge in [0, 0.05) is 5.56 Å². The number of aliphatic hydroxyl groups excluding tert-OH is 1. The second kappa shape index (κ2) is 8.59. The van der Waals surface area contributed by atoms with Crippen LogP contribution < -0.4 is 34.9 Å². The van der Waals surface area contributed by atoms with Crippen LogP contribution in [0.25, 0.3) is 0 Å². The van der Waals surface area contributed by atoms with E-state index in [9.17, 15) is 0 Å². The summed E-state index contributed by atoms with van der Waals surface area (Å²) >= 11 is 0. The van der Waals surface area contributed by atoms with E-state index >= 15 is 0 Å². The number of hydrogen-bond acceptors (Lipinski definition) is 2. The van der Waals surface area contributed by atoms with Crippen molar-refractivity contribution < 1.29 is 39.1 Å². The molecule has 88 valence electrons. The summed E-state index contributed by atoms with van der Waals surface area (Å²) in [5, 5.41) is 10.2. The Kier molecular flexibility index (Phi) is 10.1. The minimum atomic E-state index is -1.37. The molecule has 1 heterocycles. The second-order valence-corrected chi connectivity index (χ2v) is 8.99. The summed E-state index contributed by atoms with van der Waals surface area (Å²) in [7, 11) is -1.37. The quantitative estimate of drug-likeness (QED) is 0.616. The van der Waals surface area contributed by atoms with Gasteiger partial charge in [-0.2, -0.15) is 0 Å². The average Bonchev–Trinajstić information content (AvgIpc) is 2.71. The largest absolute Gasteiger partial charge is 1.00 e. The zero-order chi connectivity index (χ0) is 10.6. The molecule has 0 atom stereocenters. The van der Waals surface area contributed by atoms with Crippen LogP contribution in [0.1, 0.15) is 26.3 Å². The predicted molar refractivity (Wildman–Crippen MR) is 72.8 cm³/mol. The Balaban J connectivity index is 0. The molecular formula is C11H24BNaO2Si. The molecular weight excluding hydrogens is 226 g/mol. The molecule has 1 aromatic heterocycles. The Labute approximate surface area is 124 Å². The Bertz CT molecular complexity index is 279. The second-order valence-electron chi connectivity index (χ2n) is 3.82. The van der Waals surface area contributed by atoms with Gasteiger partial charge in [0.15, 0.2) is 0 Å². The summed E-state index contributed by atoms with van der Waals surface area (Å²) in [6.45, 7) is 6.84. The Hall–Kier alpha value is 0.522. The molecule has 0 aliphatic heterocycles. The van der Waals surface area contributed by atoms with E-state index in [2.05, 4.69) is 20.8 Å². The number of hydrogen-bond donors (Lipinski definition) is 1. The van der Waals surface area contributed by atoms with Crippen LogP contribution in [0, 0.1) is 0 Å². The first-order chi connectivity index (χ1) is 6.72. The molecule has 0 radical (unpaired) electrons. The van der Waals surface area contributed by atoms with Gasteiger partial charge in [-0.15, -0.1) is 0 Å². The van der Waals surface area contributed by atoms with E-state index in [1.807, 2.05) is 6.07 Å². The molecule has 0 saturated heterocycles. The average molecular weight is 250 g/mol. The van der Waals surface area contributed by atoms with Crippen molar-refractivity contribution in [1.82, 2.24) is 0 Å². The van der Waals surface area contributed by atoms with Crippen molar-refractivity contribution in [2.75, 3.05) is 0 Å². The first-order valence-electron chi connectivity index (χ1n) is 5.41.